The lowest BCUT2D eigenvalue weighted by molar-refractivity contribution is -0.136. The third-order valence-corrected chi connectivity index (χ3v) is 3.79. The van der Waals surface area contributed by atoms with Gasteiger partial charge < -0.3 is 5.11 Å². The third-order valence-electron chi connectivity index (χ3n) is 2.63. The van der Waals surface area contributed by atoms with E-state index in [0.717, 1.165) is 0 Å². The summed E-state index contributed by atoms with van der Waals surface area (Å²) in [6.07, 6.45) is 0.212. The fraction of sp³-hybridized carbons (Fsp3) is 0.500. The topological polar surface area (TPSA) is 37.3 Å². The Labute approximate surface area is 107 Å². The molecular formula is C14H20O2S. The van der Waals surface area contributed by atoms with E-state index in [2.05, 4.69) is 45.9 Å². The first kappa shape index (κ1) is 14.1. The maximum atomic E-state index is 10.5. The minimum atomic E-state index is -0.734. The molecule has 1 aromatic carbocycles. The highest BCUT2D eigenvalue weighted by molar-refractivity contribution is 7.99. The minimum absolute atomic E-state index is 0.135. The van der Waals surface area contributed by atoms with E-state index in [0.29, 0.717) is 5.75 Å². The molecule has 0 bridgehead atoms. The maximum Gasteiger partial charge on any atom is 0.304 e. The van der Waals surface area contributed by atoms with Crippen LogP contribution < -0.4 is 0 Å². The number of aryl methyl sites for hydroxylation is 1. The molecule has 2 nitrogen and oxygen atoms in total. The Balaban J connectivity index is 2.80. The fourth-order valence-corrected chi connectivity index (χ4v) is 2.47. The number of hydrogen-bond acceptors (Lipinski definition) is 2. The molecule has 0 fully saturated rings. The largest absolute Gasteiger partial charge is 0.481 e. The molecule has 0 aliphatic heterocycles. The van der Waals surface area contributed by atoms with Gasteiger partial charge in [-0.25, -0.2) is 0 Å². The number of carbonyl (C=O) groups is 1. The molecule has 3 heteroatoms. The Hall–Kier alpha value is -0.960. The summed E-state index contributed by atoms with van der Waals surface area (Å²) in [6, 6.07) is 6.45. The van der Waals surface area contributed by atoms with Gasteiger partial charge in [0.15, 0.2) is 0 Å². The summed E-state index contributed by atoms with van der Waals surface area (Å²) in [5.41, 5.74) is 2.64. The molecule has 0 spiro atoms. The van der Waals surface area contributed by atoms with Gasteiger partial charge in [0.2, 0.25) is 0 Å². The van der Waals surface area contributed by atoms with Crippen molar-refractivity contribution in [2.45, 2.75) is 44.4 Å². The van der Waals surface area contributed by atoms with E-state index in [9.17, 15) is 4.79 Å². The molecular weight excluding hydrogens is 232 g/mol. The van der Waals surface area contributed by atoms with Crippen LogP contribution >= 0.6 is 11.8 Å². The van der Waals surface area contributed by atoms with Crippen molar-refractivity contribution in [3.8, 4) is 0 Å². The van der Waals surface area contributed by atoms with Crippen LogP contribution in [0.25, 0.3) is 0 Å². The predicted octanol–water partition coefficient (Wildman–Crippen LogP) is 3.86. The number of rotatable bonds is 4. The van der Waals surface area contributed by atoms with Crippen LogP contribution in [0.15, 0.2) is 23.1 Å². The molecule has 0 atom stereocenters. The first-order valence-corrected chi connectivity index (χ1v) is 6.75. The van der Waals surface area contributed by atoms with E-state index in [-0.39, 0.29) is 11.8 Å². The minimum Gasteiger partial charge on any atom is -0.481 e. The normalized spacial score (nSPS) is 11.5. The molecule has 17 heavy (non-hydrogen) atoms. The monoisotopic (exact) mass is 252 g/mol. The first-order chi connectivity index (χ1) is 7.80. The van der Waals surface area contributed by atoms with Gasteiger partial charge in [-0.2, -0.15) is 0 Å². The van der Waals surface area contributed by atoms with Crippen molar-refractivity contribution in [1.29, 1.82) is 0 Å². The van der Waals surface area contributed by atoms with Gasteiger partial charge in [0, 0.05) is 10.6 Å². The summed E-state index contributed by atoms with van der Waals surface area (Å²) < 4.78 is 0. The average molecular weight is 252 g/mol. The van der Waals surface area contributed by atoms with Crippen molar-refractivity contribution in [3.05, 3.63) is 29.3 Å². The predicted molar refractivity (Wildman–Crippen MR) is 72.9 cm³/mol. The summed E-state index contributed by atoms with van der Waals surface area (Å²) in [7, 11) is 0. The van der Waals surface area contributed by atoms with E-state index < -0.39 is 5.97 Å². The number of aliphatic carboxylic acids is 1. The zero-order chi connectivity index (χ0) is 13.1. The van der Waals surface area contributed by atoms with Gasteiger partial charge in [-0.1, -0.05) is 32.9 Å². The average Bonchev–Trinajstić information content (AvgIpc) is 2.18. The van der Waals surface area contributed by atoms with Gasteiger partial charge in [-0.05, 0) is 29.5 Å². The highest BCUT2D eigenvalue weighted by Gasteiger charge is 2.14. The lowest BCUT2D eigenvalue weighted by Gasteiger charge is -2.20. The van der Waals surface area contributed by atoms with Crippen LogP contribution in [0.2, 0.25) is 0 Å². The molecule has 0 aliphatic carbocycles. The molecule has 0 radical (unpaired) electrons. The number of carboxylic acids is 1. The van der Waals surface area contributed by atoms with Crippen molar-refractivity contribution in [2.24, 2.45) is 0 Å². The highest BCUT2D eigenvalue weighted by Crippen LogP contribution is 2.29. The van der Waals surface area contributed by atoms with E-state index >= 15 is 0 Å². The van der Waals surface area contributed by atoms with Gasteiger partial charge in [0.1, 0.15) is 0 Å². The molecule has 1 rings (SSSR count). The highest BCUT2D eigenvalue weighted by atomic mass is 32.2. The van der Waals surface area contributed by atoms with Crippen molar-refractivity contribution in [2.75, 3.05) is 5.75 Å². The van der Waals surface area contributed by atoms with Crippen LogP contribution in [-0.4, -0.2) is 16.8 Å². The Kier molecular flexibility index (Phi) is 4.63. The number of benzene rings is 1. The van der Waals surface area contributed by atoms with E-state index in [1.54, 1.807) is 11.8 Å². The lowest BCUT2D eigenvalue weighted by Crippen LogP contribution is -2.11. The fourth-order valence-electron chi connectivity index (χ4n) is 1.47. The second kappa shape index (κ2) is 5.58. The maximum absolute atomic E-state index is 10.5. The zero-order valence-electron chi connectivity index (χ0n) is 10.9. The van der Waals surface area contributed by atoms with Crippen LogP contribution in [0, 0.1) is 6.92 Å². The number of hydrogen-bond donors (Lipinski definition) is 1. The van der Waals surface area contributed by atoms with Crippen molar-refractivity contribution >= 4 is 17.7 Å². The molecule has 0 unspecified atom stereocenters. The van der Waals surface area contributed by atoms with Crippen molar-refractivity contribution in [1.82, 2.24) is 0 Å². The Morgan fingerprint density at radius 1 is 1.35 bits per heavy atom. The van der Waals surface area contributed by atoms with Crippen molar-refractivity contribution < 1.29 is 9.90 Å². The van der Waals surface area contributed by atoms with Gasteiger partial charge in [-0.15, -0.1) is 11.8 Å². The van der Waals surface area contributed by atoms with Crippen LogP contribution in [-0.2, 0) is 10.2 Å². The molecule has 0 amide bonds. The summed E-state index contributed by atoms with van der Waals surface area (Å²) in [5.74, 6) is -0.105. The molecule has 1 aromatic rings. The van der Waals surface area contributed by atoms with E-state index in [1.807, 2.05) is 0 Å². The van der Waals surface area contributed by atoms with Crippen LogP contribution in [0.4, 0.5) is 0 Å². The number of carboxylic acid groups (broad SMARTS) is 1. The van der Waals surface area contributed by atoms with E-state index in [1.165, 1.54) is 16.0 Å². The second-order valence-electron chi connectivity index (χ2n) is 5.22. The Bertz CT molecular complexity index is 405. The second-order valence-corrected chi connectivity index (χ2v) is 6.36. The standard InChI is InChI=1S/C14H20O2S/c1-10-5-6-11(14(2,3)4)9-12(10)17-8-7-13(15)16/h5-6,9H,7-8H2,1-4H3,(H,15,16). The molecule has 0 aliphatic rings. The zero-order valence-corrected chi connectivity index (χ0v) is 11.7. The lowest BCUT2D eigenvalue weighted by atomic mass is 9.87. The summed E-state index contributed by atoms with van der Waals surface area (Å²) in [4.78, 5) is 11.7. The van der Waals surface area contributed by atoms with Gasteiger partial charge >= 0.3 is 5.97 Å². The Morgan fingerprint density at radius 3 is 2.53 bits per heavy atom. The quantitative estimate of drug-likeness (QED) is 0.827. The Morgan fingerprint density at radius 2 is 2.00 bits per heavy atom. The van der Waals surface area contributed by atoms with E-state index in [4.69, 9.17) is 5.11 Å². The SMILES string of the molecule is Cc1ccc(C(C)(C)C)cc1SCCC(=O)O. The molecule has 1 N–H and O–H groups in total. The number of thioether (sulfide) groups is 1. The van der Waals surface area contributed by atoms with Gasteiger partial charge in [0.05, 0.1) is 6.42 Å². The molecule has 0 heterocycles. The summed E-state index contributed by atoms with van der Waals surface area (Å²) in [6.45, 7) is 8.62. The third kappa shape index (κ3) is 4.43. The van der Waals surface area contributed by atoms with Crippen LogP contribution in [0.1, 0.15) is 38.3 Å². The molecule has 0 saturated heterocycles. The molecule has 0 aromatic heterocycles. The first-order valence-electron chi connectivity index (χ1n) is 5.76. The summed E-state index contributed by atoms with van der Waals surface area (Å²) >= 11 is 1.62. The van der Waals surface area contributed by atoms with Gasteiger partial charge in [-0.3, -0.25) is 4.79 Å². The smallest absolute Gasteiger partial charge is 0.304 e. The van der Waals surface area contributed by atoms with Crippen molar-refractivity contribution in [3.63, 3.8) is 0 Å². The van der Waals surface area contributed by atoms with Gasteiger partial charge in [0.25, 0.3) is 0 Å². The van der Waals surface area contributed by atoms with Crippen LogP contribution in [0.5, 0.6) is 0 Å². The van der Waals surface area contributed by atoms with Crippen LogP contribution in [0.3, 0.4) is 0 Å². The molecule has 94 valence electrons. The summed E-state index contributed by atoms with van der Waals surface area (Å²) in [5, 5.41) is 8.63. The molecule has 0 saturated carbocycles.